The van der Waals surface area contributed by atoms with Crippen molar-refractivity contribution in [1.29, 1.82) is 0 Å². The first kappa shape index (κ1) is 14.0. The summed E-state index contributed by atoms with van der Waals surface area (Å²) in [4.78, 5) is 11.8. The molecule has 0 saturated carbocycles. The van der Waals surface area contributed by atoms with Gasteiger partial charge in [-0.05, 0) is 43.4 Å². The number of hydrogen-bond acceptors (Lipinski definition) is 3. The fourth-order valence-electron chi connectivity index (χ4n) is 2.07. The van der Waals surface area contributed by atoms with Crippen molar-refractivity contribution in [3.63, 3.8) is 0 Å². The molecule has 0 amide bonds. The zero-order valence-electron chi connectivity index (χ0n) is 10.8. The number of Topliss-reactive ketones (excluding diaryl/α,β-unsaturated/α-hetero) is 1. The molecule has 3 nitrogen and oxygen atoms in total. The van der Waals surface area contributed by atoms with Crippen LogP contribution in [-0.4, -0.2) is 12.3 Å². The molecule has 2 N–H and O–H groups in total. The van der Waals surface area contributed by atoms with Crippen LogP contribution in [-0.2, 0) is 11.2 Å². The Hall–Kier alpha value is -1.09. The molecular formula is C14H23NO2. The highest BCUT2D eigenvalue weighted by Crippen LogP contribution is 2.21. The van der Waals surface area contributed by atoms with Gasteiger partial charge in [-0.25, -0.2) is 0 Å². The average molecular weight is 237 g/mol. The van der Waals surface area contributed by atoms with Crippen LogP contribution in [0.3, 0.4) is 0 Å². The van der Waals surface area contributed by atoms with Gasteiger partial charge in [0.1, 0.15) is 11.5 Å². The molecule has 17 heavy (non-hydrogen) atoms. The van der Waals surface area contributed by atoms with Crippen LogP contribution < -0.4 is 5.73 Å². The lowest BCUT2D eigenvalue weighted by Gasteiger charge is -2.19. The normalized spacial score (nSPS) is 12.9. The second-order valence-corrected chi connectivity index (χ2v) is 4.91. The summed E-state index contributed by atoms with van der Waals surface area (Å²) in [6.07, 6.45) is 4.60. The Morgan fingerprint density at radius 3 is 2.71 bits per heavy atom. The molecule has 0 aliphatic rings. The molecule has 1 aromatic rings. The highest BCUT2D eigenvalue weighted by atomic mass is 16.3. The van der Waals surface area contributed by atoms with Crippen LogP contribution in [0.25, 0.3) is 0 Å². The van der Waals surface area contributed by atoms with Crippen LogP contribution in [0.1, 0.15) is 38.9 Å². The summed E-state index contributed by atoms with van der Waals surface area (Å²) in [5.41, 5.74) is 5.58. The van der Waals surface area contributed by atoms with Gasteiger partial charge in [0, 0.05) is 6.42 Å². The zero-order valence-corrected chi connectivity index (χ0v) is 10.8. The lowest BCUT2D eigenvalue weighted by atomic mass is 9.87. The number of carbonyl (C=O) groups excluding carboxylic acids is 1. The van der Waals surface area contributed by atoms with Gasteiger partial charge in [0.25, 0.3) is 0 Å². The average Bonchev–Trinajstić information content (AvgIpc) is 2.76. The van der Waals surface area contributed by atoms with E-state index in [1.54, 1.807) is 6.26 Å². The van der Waals surface area contributed by atoms with Crippen molar-refractivity contribution in [1.82, 2.24) is 0 Å². The van der Waals surface area contributed by atoms with Crippen LogP contribution in [0, 0.1) is 11.8 Å². The SMILES string of the molecule is CC(C)C(CCN)CCC(=O)Cc1ccco1. The van der Waals surface area contributed by atoms with E-state index in [0.717, 1.165) is 18.6 Å². The van der Waals surface area contributed by atoms with Crippen LogP contribution >= 0.6 is 0 Å². The molecule has 0 saturated heterocycles. The third-order valence-electron chi connectivity index (χ3n) is 3.23. The summed E-state index contributed by atoms with van der Waals surface area (Å²) in [6, 6.07) is 3.66. The van der Waals surface area contributed by atoms with Gasteiger partial charge in [-0.2, -0.15) is 0 Å². The summed E-state index contributed by atoms with van der Waals surface area (Å²) < 4.78 is 5.17. The molecule has 0 bridgehead atoms. The van der Waals surface area contributed by atoms with Crippen LogP contribution in [0.4, 0.5) is 0 Å². The fraction of sp³-hybridized carbons (Fsp3) is 0.643. The van der Waals surface area contributed by atoms with Crippen LogP contribution in [0.15, 0.2) is 22.8 Å². The van der Waals surface area contributed by atoms with Crippen LogP contribution in [0.5, 0.6) is 0 Å². The molecule has 3 heteroatoms. The van der Waals surface area contributed by atoms with E-state index in [2.05, 4.69) is 13.8 Å². The van der Waals surface area contributed by atoms with Gasteiger partial charge in [0.05, 0.1) is 12.7 Å². The number of hydrogen-bond donors (Lipinski definition) is 1. The molecule has 96 valence electrons. The number of furan rings is 1. The Balaban J connectivity index is 2.31. The second-order valence-electron chi connectivity index (χ2n) is 4.91. The van der Waals surface area contributed by atoms with E-state index in [0.29, 0.717) is 31.2 Å². The number of nitrogens with two attached hydrogens (primary N) is 1. The van der Waals surface area contributed by atoms with E-state index >= 15 is 0 Å². The molecule has 0 aromatic carbocycles. The second kappa shape index (κ2) is 7.28. The monoisotopic (exact) mass is 237 g/mol. The highest BCUT2D eigenvalue weighted by molar-refractivity contribution is 5.80. The Labute approximate surface area is 103 Å². The maximum absolute atomic E-state index is 11.8. The maximum atomic E-state index is 11.8. The highest BCUT2D eigenvalue weighted by Gasteiger charge is 2.15. The molecule has 0 fully saturated rings. The lowest BCUT2D eigenvalue weighted by Crippen LogP contribution is -2.16. The molecule has 1 unspecified atom stereocenters. The standard InChI is InChI=1S/C14H23NO2/c1-11(2)12(7-8-15)5-6-13(16)10-14-4-3-9-17-14/h3-4,9,11-12H,5-8,10,15H2,1-2H3. The van der Waals surface area contributed by atoms with Crippen molar-refractivity contribution in [3.05, 3.63) is 24.2 Å². The summed E-state index contributed by atoms with van der Waals surface area (Å²) in [5, 5.41) is 0. The summed E-state index contributed by atoms with van der Waals surface area (Å²) in [7, 11) is 0. The van der Waals surface area contributed by atoms with Gasteiger partial charge < -0.3 is 10.2 Å². The third-order valence-corrected chi connectivity index (χ3v) is 3.23. The summed E-state index contributed by atoms with van der Waals surface area (Å²) in [6.45, 7) is 5.09. The zero-order chi connectivity index (χ0) is 12.7. The predicted octanol–water partition coefficient (Wildman–Crippen LogP) is 2.79. The number of rotatable bonds is 8. The van der Waals surface area contributed by atoms with Gasteiger partial charge in [-0.3, -0.25) is 4.79 Å². The van der Waals surface area contributed by atoms with E-state index in [1.165, 1.54) is 0 Å². The minimum absolute atomic E-state index is 0.252. The van der Waals surface area contributed by atoms with Gasteiger partial charge in [-0.15, -0.1) is 0 Å². The Morgan fingerprint density at radius 2 is 2.18 bits per heavy atom. The van der Waals surface area contributed by atoms with Crippen molar-refractivity contribution >= 4 is 5.78 Å². The lowest BCUT2D eigenvalue weighted by molar-refractivity contribution is -0.119. The Bertz CT molecular complexity index is 317. The largest absolute Gasteiger partial charge is 0.469 e. The molecule has 0 aliphatic carbocycles. The molecule has 1 atom stereocenters. The Morgan fingerprint density at radius 1 is 1.41 bits per heavy atom. The summed E-state index contributed by atoms with van der Waals surface area (Å²) >= 11 is 0. The first-order chi connectivity index (χ1) is 8.13. The molecule has 1 aromatic heterocycles. The third kappa shape index (κ3) is 5.18. The minimum atomic E-state index is 0.252. The van der Waals surface area contributed by atoms with Gasteiger partial charge in [0.15, 0.2) is 0 Å². The van der Waals surface area contributed by atoms with Crippen molar-refractivity contribution in [2.45, 2.75) is 39.5 Å². The van der Waals surface area contributed by atoms with Crippen molar-refractivity contribution in [2.24, 2.45) is 17.6 Å². The van der Waals surface area contributed by atoms with Gasteiger partial charge in [0.2, 0.25) is 0 Å². The molecule has 0 spiro atoms. The van der Waals surface area contributed by atoms with Crippen molar-refractivity contribution < 1.29 is 9.21 Å². The van der Waals surface area contributed by atoms with E-state index in [4.69, 9.17) is 10.2 Å². The van der Waals surface area contributed by atoms with Crippen LogP contribution in [0.2, 0.25) is 0 Å². The fourth-order valence-corrected chi connectivity index (χ4v) is 2.07. The molecule has 1 rings (SSSR count). The number of carbonyl (C=O) groups is 1. The predicted molar refractivity (Wildman–Crippen MR) is 68.7 cm³/mol. The molecule has 0 radical (unpaired) electrons. The van der Waals surface area contributed by atoms with Gasteiger partial charge >= 0.3 is 0 Å². The topological polar surface area (TPSA) is 56.2 Å². The van der Waals surface area contributed by atoms with E-state index in [1.807, 2.05) is 12.1 Å². The quantitative estimate of drug-likeness (QED) is 0.756. The number of ketones is 1. The van der Waals surface area contributed by atoms with Crippen molar-refractivity contribution in [2.75, 3.05) is 6.54 Å². The maximum Gasteiger partial charge on any atom is 0.140 e. The smallest absolute Gasteiger partial charge is 0.140 e. The molecular weight excluding hydrogens is 214 g/mol. The van der Waals surface area contributed by atoms with Gasteiger partial charge in [-0.1, -0.05) is 13.8 Å². The molecule has 1 heterocycles. The molecule has 0 aliphatic heterocycles. The first-order valence-corrected chi connectivity index (χ1v) is 6.37. The van der Waals surface area contributed by atoms with E-state index in [9.17, 15) is 4.79 Å². The van der Waals surface area contributed by atoms with Crippen molar-refractivity contribution in [3.8, 4) is 0 Å². The van der Waals surface area contributed by atoms with E-state index in [-0.39, 0.29) is 5.78 Å². The Kier molecular flexibility index (Phi) is 5.98. The minimum Gasteiger partial charge on any atom is -0.469 e. The first-order valence-electron chi connectivity index (χ1n) is 6.37. The summed E-state index contributed by atoms with van der Waals surface area (Å²) in [5.74, 6) is 2.16. The van der Waals surface area contributed by atoms with E-state index < -0.39 is 0 Å².